The predicted octanol–water partition coefficient (Wildman–Crippen LogP) is 5.33. The van der Waals surface area contributed by atoms with Gasteiger partial charge in [-0.25, -0.2) is 9.78 Å². The number of methoxy groups -OCH3 is 1. The molecule has 4 aliphatic rings. The lowest BCUT2D eigenvalue weighted by Gasteiger charge is -2.38. The molecule has 3 aromatic rings. The van der Waals surface area contributed by atoms with E-state index in [9.17, 15) is 19.5 Å². The van der Waals surface area contributed by atoms with E-state index in [0.29, 0.717) is 40.8 Å². The number of amides is 2. The average Bonchev–Trinajstić information content (AvgIpc) is 3.77. The molecule has 6 atom stereocenters. The van der Waals surface area contributed by atoms with Crippen LogP contribution in [0, 0.1) is 17.3 Å². The molecule has 4 bridgehead atoms. The van der Waals surface area contributed by atoms with Gasteiger partial charge in [-0.05, 0) is 53.0 Å². The number of allylic oxidation sites excluding steroid dienone is 2. The van der Waals surface area contributed by atoms with E-state index in [4.69, 9.17) is 23.6 Å². The van der Waals surface area contributed by atoms with Crippen LogP contribution in [-0.2, 0) is 42.2 Å². The first kappa shape index (κ1) is 36.1. The summed E-state index contributed by atoms with van der Waals surface area (Å²) < 4.78 is 30.0. The van der Waals surface area contributed by atoms with Crippen LogP contribution in [0.3, 0.4) is 0 Å². The number of carbonyl (C=O) groups is 3. The zero-order valence-electron chi connectivity index (χ0n) is 30.9. The summed E-state index contributed by atoms with van der Waals surface area (Å²) in [4.78, 5) is 44.1. The van der Waals surface area contributed by atoms with Crippen LogP contribution < -0.4 is 20.7 Å². The SMILES string of the molecule is COC(=O)OCc1coc(C2=C3OC(=CCC2C)C(C(C)(C)C)NC(=O)C(NC(=O)C(O)C(C)C)Cc2ccc4c(c2)C32c3ccccc3NC2O4)n1. The van der Waals surface area contributed by atoms with Gasteiger partial charge < -0.3 is 44.4 Å². The molecule has 4 aliphatic heterocycles. The summed E-state index contributed by atoms with van der Waals surface area (Å²) in [6, 6.07) is 12.1. The number of nitrogens with one attached hydrogen (secondary N) is 3. The molecule has 2 aromatic carbocycles. The lowest BCUT2D eigenvalue weighted by atomic mass is 9.71. The normalized spacial score (nSPS) is 25.2. The number of carbonyl (C=O) groups excluding carboxylic acids is 3. The number of oxazole rings is 1. The van der Waals surface area contributed by atoms with Crippen LogP contribution in [0.2, 0.25) is 0 Å². The van der Waals surface area contributed by atoms with Crippen LogP contribution in [0.15, 0.2) is 70.7 Å². The van der Waals surface area contributed by atoms with Crippen LogP contribution >= 0.6 is 0 Å². The van der Waals surface area contributed by atoms with Crippen molar-refractivity contribution in [3.63, 3.8) is 0 Å². The number of anilines is 1. The molecule has 13 nitrogen and oxygen atoms in total. The third-order valence-electron chi connectivity index (χ3n) is 10.4. The Balaban J connectivity index is 1.48. The van der Waals surface area contributed by atoms with Crippen molar-refractivity contribution in [3.05, 3.63) is 94.6 Å². The molecule has 1 spiro atoms. The van der Waals surface area contributed by atoms with Crippen molar-refractivity contribution in [2.24, 2.45) is 17.3 Å². The van der Waals surface area contributed by atoms with Gasteiger partial charge in [0.2, 0.25) is 17.7 Å². The molecule has 1 aromatic heterocycles. The summed E-state index contributed by atoms with van der Waals surface area (Å²) in [6.07, 6.45) is 1.32. The molecule has 4 N–H and O–H groups in total. The van der Waals surface area contributed by atoms with Crippen LogP contribution in [0.25, 0.3) is 5.57 Å². The van der Waals surface area contributed by atoms with Crippen LogP contribution in [-0.4, -0.2) is 59.6 Å². The number of fused-ring (bicyclic) bond motifs is 4. The molecule has 0 saturated carbocycles. The summed E-state index contributed by atoms with van der Waals surface area (Å²) in [5.41, 5.74) is 2.80. The topological polar surface area (TPSA) is 170 Å². The molecule has 6 unspecified atom stereocenters. The van der Waals surface area contributed by atoms with Crippen molar-refractivity contribution in [2.75, 3.05) is 12.4 Å². The average molecular weight is 727 g/mol. The van der Waals surface area contributed by atoms with Crippen LogP contribution in [0.1, 0.15) is 76.2 Å². The van der Waals surface area contributed by atoms with Crippen molar-refractivity contribution in [1.29, 1.82) is 0 Å². The second-order valence-corrected chi connectivity index (χ2v) is 15.6. The maximum atomic E-state index is 14.3. The number of ether oxygens (including phenoxy) is 4. The Bertz CT molecular complexity index is 2010. The van der Waals surface area contributed by atoms with E-state index in [-0.39, 0.29) is 24.9 Å². The lowest BCUT2D eigenvalue weighted by Crippen LogP contribution is -2.56. The fourth-order valence-corrected chi connectivity index (χ4v) is 7.63. The number of aliphatic hydroxyl groups excluding tert-OH is 1. The van der Waals surface area contributed by atoms with Gasteiger partial charge in [-0.3, -0.25) is 9.59 Å². The standard InChI is InChI=1S/C40H46N4O9/c1-20(2)31(45)35(47)42-27-17-22-13-15-28-25(16-22)40(24-10-8-9-11-26(24)43-37(40)53-28)33-30(36-41-23(18-50-36)19-51-38(48)49-7)21(3)12-14-29(52-33)32(39(4,5)6)44-34(27)46/h8-11,13-16,18,20-21,27,31-32,37,43,45H,12,17,19H2,1-7H3,(H,42,47)(H,44,46). The van der Waals surface area contributed by atoms with E-state index in [0.717, 1.165) is 22.4 Å². The maximum Gasteiger partial charge on any atom is 0.508 e. The van der Waals surface area contributed by atoms with Gasteiger partial charge in [-0.15, -0.1) is 0 Å². The van der Waals surface area contributed by atoms with Gasteiger partial charge in [0.05, 0.1) is 18.7 Å². The second-order valence-electron chi connectivity index (χ2n) is 15.6. The van der Waals surface area contributed by atoms with Gasteiger partial charge in [0.15, 0.2) is 6.23 Å². The minimum absolute atomic E-state index is 0.147. The zero-order chi connectivity index (χ0) is 37.8. The molecule has 0 fully saturated rings. The Kier molecular flexibility index (Phi) is 9.25. The Labute approximate surface area is 308 Å². The molecule has 13 heteroatoms. The minimum atomic E-state index is -1.29. The minimum Gasteiger partial charge on any atom is -0.469 e. The third kappa shape index (κ3) is 6.30. The zero-order valence-corrected chi connectivity index (χ0v) is 30.9. The summed E-state index contributed by atoms with van der Waals surface area (Å²) in [6.45, 7) is 11.4. The van der Waals surface area contributed by atoms with E-state index in [1.165, 1.54) is 13.4 Å². The number of para-hydroxylation sites is 1. The molecule has 0 saturated heterocycles. The molecule has 53 heavy (non-hydrogen) atoms. The Morgan fingerprint density at radius 3 is 2.64 bits per heavy atom. The van der Waals surface area contributed by atoms with E-state index in [1.807, 2.05) is 63.2 Å². The van der Waals surface area contributed by atoms with Crippen molar-refractivity contribution in [2.45, 2.75) is 90.8 Å². The second kappa shape index (κ2) is 13.6. The van der Waals surface area contributed by atoms with Crippen molar-refractivity contribution in [3.8, 4) is 5.75 Å². The highest BCUT2D eigenvalue weighted by Crippen LogP contribution is 2.60. The number of rotatable bonds is 6. The fraction of sp³-hybridized carbons (Fsp3) is 0.450. The first-order chi connectivity index (χ1) is 25.2. The van der Waals surface area contributed by atoms with Crippen LogP contribution in [0.5, 0.6) is 5.75 Å². The lowest BCUT2D eigenvalue weighted by molar-refractivity contribution is -0.136. The Morgan fingerprint density at radius 2 is 1.91 bits per heavy atom. The predicted molar refractivity (Wildman–Crippen MR) is 193 cm³/mol. The highest BCUT2D eigenvalue weighted by Gasteiger charge is 2.61. The highest BCUT2D eigenvalue weighted by molar-refractivity contribution is 5.90. The largest absolute Gasteiger partial charge is 0.508 e. The van der Waals surface area contributed by atoms with Gasteiger partial charge >= 0.3 is 6.16 Å². The molecular weight excluding hydrogens is 680 g/mol. The van der Waals surface area contributed by atoms with E-state index in [1.54, 1.807) is 13.8 Å². The Hall–Kier alpha value is -5.30. The number of hydrogen-bond acceptors (Lipinski definition) is 11. The Morgan fingerprint density at radius 1 is 1.13 bits per heavy atom. The number of benzene rings is 2. The van der Waals surface area contributed by atoms with Crippen molar-refractivity contribution >= 4 is 29.2 Å². The molecule has 0 radical (unpaired) electrons. The smallest absolute Gasteiger partial charge is 0.469 e. The first-order valence-electron chi connectivity index (χ1n) is 17.9. The van der Waals surface area contributed by atoms with E-state index < -0.39 is 53.2 Å². The van der Waals surface area contributed by atoms with Gasteiger partial charge in [-0.2, -0.15) is 0 Å². The molecule has 5 heterocycles. The number of nitrogens with zero attached hydrogens (tertiary/aromatic N) is 1. The van der Waals surface area contributed by atoms with Gasteiger partial charge in [-0.1, -0.05) is 71.9 Å². The molecule has 280 valence electrons. The molecule has 0 aliphatic carbocycles. The quantitative estimate of drug-likeness (QED) is 0.242. The van der Waals surface area contributed by atoms with Gasteiger partial charge in [0, 0.05) is 17.7 Å². The molecular formula is C40H46N4O9. The maximum absolute atomic E-state index is 14.3. The van der Waals surface area contributed by atoms with Gasteiger partial charge in [0.1, 0.15) is 53.4 Å². The number of aromatic nitrogens is 1. The van der Waals surface area contributed by atoms with E-state index in [2.05, 4.69) is 33.7 Å². The van der Waals surface area contributed by atoms with Crippen molar-refractivity contribution in [1.82, 2.24) is 15.6 Å². The highest BCUT2D eigenvalue weighted by atomic mass is 16.7. The molecule has 2 amide bonds. The first-order valence-corrected chi connectivity index (χ1v) is 17.9. The summed E-state index contributed by atoms with van der Waals surface area (Å²) in [7, 11) is 1.23. The number of aliphatic hydroxyl groups is 1. The summed E-state index contributed by atoms with van der Waals surface area (Å²) >= 11 is 0. The summed E-state index contributed by atoms with van der Waals surface area (Å²) in [5, 5.41) is 20.3. The fourth-order valence-electron chi connectivity index (χ4n) is 7.63. The van der Waals surface area contributed by atoms with E-state index >= 15 is 0 Å². The molecule has 7 rings (SSSR count). The van der Waals surface area contributed by atoms with Gasteiger partial charge in [0.25, 0.3) is 0 Å². The number of hydrogen-bond donors (Lipinski definition) is 4. The third-order valence-corrected chi connectivity index (χ3v) is 10.4. The van der Waals surface area contributed by atoms with Crippen LogP contribution in [0.4, 0.5) is 10.5 Å². The summed E-state index contributed by atoms with van der Waals surface area (Å²) in [5.74, 6) is 0.374. The monoisotopic (exact) mass is 726 g/mol. The van der Waals surface area contributed by atoms with Crippen molar-refractivity contribution < 1.29 is 42.9 Å².